The molecule has 0 aliphatic carbocycles. The van der Waals surface area contributed by atoms with Gasteiger partial charge in [0.05, 0.1) is 11.6 Å². The first-order chi connectivity index (χ1) is 7.60. The van der Waals surface area contributed by atoms with Crippen molar-refractivity contribution in [2.45, 2.75) is 0 Å². The van der Waals surface area contributed by atoms with Gasteiger partial charge in [0.25, 0.3) is 5.91 Å². The van der Waals surface area contributed by atoms with Crippen LogP contribution in [0.3, 0.4) is 0 Å². The molecular formula is C11H15BrN2O2. The van der Waals surface area contributed by atoms with Gasteiger partial charge in [0, 0.05) is 25.7 Å². The van der Waals surface area contributed by atoms with Crippen LogP contribution in [-0.2, 0) is 0 Å². The van der Waals surface area contributed by atoms with Crippen LogP contribution < -0.4 is 10.5 Å². The number of rotatable bonds is 4. The van der Waals surface area contributed by atoms with Crippen molar-refractivity contribution in [1.82, 2.24) is 4.90 Å². The highest BCUT2D eigenvalue weighted by Gasteiger charge is 2.12. The molecule has 1 aromatic carbocycles. The summed E-state index contributed by atoms with van der Waals surface area (Å²) in [7, 11) is 3.31. The minimum absolute atomic E-state index is 0.0474. The number of halogens is 1. The summed E-state index contributed by atoms with van der Waals surface area (Å²) >= 11 is 3.34. The molecule has 0 saturated heterocycles. The predicted molar refractivity (Wildman–Crippen MR) is 66.7 cm³/mol. The van der Waals surface area contributed by atoms with E-state index in [0.717, 1.165) is 4.47 Å². The molecule has 0 unspecified atom stereocenters. The van der Waals surface area contributed by atoms with Crippen LogP contribution >= 0.6 is 15.9 Å². The Morgan fingerprint density at radius 3 is 2.75 bits per heavy atom. The van der Waals surface area contributed by atoms with E-state index in [1.165, 1.54) is 0 Å². The number of nitrogens with zero attached hydrogens (tertiary/aromatic N) is 1. The van der Waals surface area contributed by atoms with Gasteiger partial charge in [0.1, 0.15) is 5.75 Å². The van der Waals surface area contributed by atoms with Crippen molar-refractivity contribution in [3.05, 3.63) is 28.2 Å². The molecule has 1 amide bonds. The molecule has 0 fully saturated rings. The standard InChI is InChI=1S/C11H15BrN2O2/c1-14(6-5-13)11(15)8-3-4-10(16-2)9(12)7-8/h3-4,7H,5-6,13H2,1-2H3. The monoisotopic (exact) mass is 286 g/mol. The summed E-state index contributed by atoms with van der Waals surface area (Å²) in [4.78, 5) is 13.5. The summed E-state index contributed by atoms with van der Waals surface area (Å²) in [6, 6.07) is 5.24. The van der Waals surface area contributed by atoms with E-state index in [-0.39, 0.29) is 5.91 Å². The third-order valence-corrected chi connectivity index (χ3v) is 2.83. The van der Waals surface area contributed by atoms with Crippen molar-refractivity contribution in [2.75, 3.05) is 27.2 Å². The lowest BCUT2D eigenvalue weighted by atomic mass is 10.2. The van der Waals surface area contributed by atoms with Crippen LogP contribution in [0.1, 0.15) is 10.4 Å². The molecular weight excluding hydrogens is 272 g/mol. The molecule has 88 valence electrons. The molecule has 4 nitrogen and oxygen atoms in total. The molecule has 0 atom stereocenters. The summed E-state index contributed by atoms with van der Waals surface area (Å²) < 4.78 is 5.86. The van der Waals surface area contributed by atoms with Gasteiger partial charge in [-0.1, -0.05) is 0 Å². The Balaban J connectivity index is 2.88. The molecule has 16 heavy (non-hydrogen) atoms. The van der Waals surface area contributed by atoms with Crippen LogP contribution in [0, 0.1) is 0 Å². The van der Waals surface area contributed by atoms with Gasteiger partial charge in [-0.05, 0) is 34.1 Å². The van der Waals surface area contributed by atoms with E-state index in [2.05, 4.69) is 15.9 Å². The van der Waals surface area contributed by atoms with E-state index in [1.54, 1.807) is 37.3 Å². The molecule has 0 bridgehead atoms. The average molecular weight is 287 g/mol. The average Bonchev–Trinajstić information content (AvgIpc) is 2.28. The van der Waals surface area contributed by atoms with Gasteiger partial charge in [0.2, 0.25) is 0 Å². The molecule has 0 spiro atoms. The smallest absolute Gasteiger partial charge is 0.253 e. The Kier molecular flexibility index (Phi) is 4.76. The Bertz CT molecular complexity index is 382. The Morgan fingerprint density at radius 1 is 1.56 bits per heavy atom. The maximum absolute atomic E-state index is 11.9. The van der Waals surface area contributed by atoms with Crippen LogP contribution in [0.5, 0.6) is 5.75 Å². The normalized spacial score (nSPS) is 10.0. The second-order valence-corrected chi connectivity index (χ2v) is 4.22. The molecule has 0 radical (unpaired) electrons. The number of likely N-dealkylation sites (N-methyl/N-ethyl adjacent to an activating group) is 1. The summed E-state index contributed by atoms with van der Waals surface area (Å²) in [6.45, 7) is 1.00. The number of ether oxygens (including phenoxy) is 1. The second-order valence-electron chi connectivity index (χ2n) is 3.36. The molecule has 0 aromatic heterocycles. The van der Waals surface area contributed by atoms with Gasteiger partial charge in [-0.3, -0.25) is 4.79 Å². The Labute approximate surface area is 103 Å². The lowest BCUT2D eigenvalue weighted by Crippen LogP contribution is -2.31. The minimum Gasteiger partial charge on any atom is -0.496 e. The van der Waals surface area contributed by atoms with Crippen molar-refractivity contribution in [2.24, 2.45) is 5.73 Å². The lowest BCUT2D eigenvalue weighted by Gasteiger charge is -2.16. The highest BCUT2D eigenvalue weighted by Crippen LogP contribution is 2.25. The topological polar surface area (TPSA) is 55.6 Å². The van der Waals surface area contributed by atoms with E-state index in [1.807, 2.05) is 0 Å². The number of methoxy groups -OCH3 is 1. The maximum Gasteiger partial charge on any atom is 0.253 e. The van der Waals surface area contributed by atoms with Crippen LogP contribution in [0.25, 0.3) is 0 Å². The number of carbonyl (C=O) groups excluding carboxylic acids is 1. The molecule has 1 aromatic rings. The lowest BCUT2D eigenvalue weighted by molar-refractivity contribution is 0.0799. The van der Waals surface area contributed by atoms with E-state index in [9.17, 15) is 4.79 Å². The third-order valence-electron chi connectivity index (χ3n) is 2.21. The minimum atomic E-state index is -0.0474. The first kappa shape index (κ1) is 13.0. The third kappa shape index (κ3) is 2.96. The summed E-state index contributed by atoms with van der Waals surface area (Å²) in [5.74, 6) is 0.659. The van der Waals surface area contributed by atoms with Crippen LogP contribution in [0.15, 0.2) is 22.7 Å². The van der Waals surface area contributed by atoms with Gasteiger partial charge in [-0.25, -0.2) is 0 Å². The predicted octanol–water partition coefficient (Wildman–Crippen LogP) is 1.49. The number of amides is 1. The maximum atomic E-state index is 11.9. The van der Waals surface area contributed by atoms with E-state index < -0.39 is 0 Å². The summed E-state index contributed by atoms with van der Waals surface area (Å²) in [5, 5.41) is 0. The first-order valence-electron chi connectivity index (χ1n) is 4.89. The van der Waals surface area contributed by atoms with Gasteiger partial charge in [0.15, 0.2) is 0 Å². The van der Waals surface area contributed by atoms with E-state index in [0.29, 0.717) is 24.4 Å². The fourth-order valence-corrected chi connectivity index (χ4v) is 1.86. The van der Waals surface area contributed by atoms with Crippen LogP contribution in [-0.4, -0.2) is 38.1 Å². The van der Waals surface area contributed by atoms with Crippen molar-refractivity contribution in [1.29, 1.82) is 0 Å². The summed E-state index contributed by atoms with van der Waals surface area (Å²) in [5.41, 5.74) is 6.01. The first-order valence-corrected chi connectivity index (χ1v) is 5.68. The van der Waals surface area contributed by atoms with Crippen molar-refractivity contribution in [3.8, 4) is 5.75 Å². The zero-order chi connectivity index (χ0) is 12.1. The molecule has 2 N–H and O–H groups in total. The molecule has 0 aliphatic rings. The van der Waals surface area contributed by atoms with Gasteiger partial charge in [-0.15, -0.1) is 0 Å². The largest absolute Gasteiger partial charge is 0.496 e. The Hall–Kier alpha value is -1.07. The number of hydrogen-bond donors (Lipinski definition) is 1. The van der Waals surface area contributed by atoms with Gasteiger partial charge in [-0.2, -0.15) is 0 Å². The quantitative estimate of drug-likeness (QED) is 0.912. The van der Waals surface area contributed by atoms with Crippen molar-refractivity contribution >= 4 is 21.8 Å². The SMILES string of the molecule is COc1ccc(C(=O)N(C)CCN)cc1Br. The fourth-order valence-electron chi connectivity index (χ4n) is 1.31. The molecule has 1 rings (SSSR count). The van der Waals surface area contributed by atoms with Gasteiger partial charge >= 0.3 is 0 Å². The summed E-state index contributed by atoms with van der Waals surface area (Å²) in [6.07, 6.45) is 0. The number of carbonyl (C=O) groups is 1. The Morgan fingerprint density at radius 2 is 2.25 bits per heavy atom. The van der Waals surface area contributed by atoms with Crippen LogP contribution in [0.2, 0.25) is 0 Å². The number of nitrogens with two attached hydrogens (primary N) is 1. The highest BCUT2D eigenvalue weighted by atomic mass is 79.9. The van der Waals surface area contributed by atoms with E-state index in [4.69, 9.17) is 10.5 Å². The zero-order valence-electron chi connectivity index (χ0n) is 9.37. The van der Waals surface area contributed by atoms with Crippen molar-refractivity contribution in [3.63, 3.8) is 0 Å². The molecule has 0 saturated carbocycles. The number of hydrogen-bond acceptors (Lipinski definition) is 3. The highest BCUT2D eigenvalue weighted by molar-refractivity contribution is 9.10. The van der Waals surface area contributed by atoms with E-state index >= 15 is 0 Å². The molecule has 0 aliphatic heterocycles. The number of benzene rings is 1. The van der Waals surface area contributed by atoms with Crippen LogP contribution in [0.4, 0.5) is 0 Å². The second kappa shape index (κ2) is 5.86. The fraction of sp³-hybridized carbons (Fsp3) is 0.364. The van der Waals surface area contributed by atoms with Gasteiger partial charge < -0.3 is 15.4 Å². The zero-order valence-corrected chi connectivity index (χ0v) is 11.0. The van der Waals surface area contributed by atoms with Crippen molar-refractivity contribution < 1.29 is 9.53 Å². The molecule has 5 heteroatoms. The molecule has 0 heterocycles.